The number of nitrogens with zero attached hydrogens (tertiary/aromatic N) is 4. The van der Waals surface area contributed by atoms with Gasteiger partial charge in [0, 0.05) is 17.7 Å². The second-order valence-electron chi connectivity index (χ2n) is 6.41. The van der Waals surface area contributed by atoms with E-state index in [4.69, 9.17) is 4.52 Å². The molecule has 8 heteroatoms. The van der Waals surface area contributed by atoms with Crippen LogP contribution < -0.4 is 5.32 Å². The Morgan fingerprint density at radius 3 is 2.77 bits per heavy atom. The summed E-state index contributed by atoms with van der Waals surface area (Å²) in [4.78, 5) is 12.2. The maximum atomic E-state index is 12.2. The molecule has 1 aromatic carbocycles. The molecule has 26 heavy (non-hydrogen) atoms. The van der Waals surface area contributed by atoms with Crippen molar-refractivity contribution in [1.82, 2.24) is 19.9 Å². The van der Waals surface area contributed by atoms with E-state index in [9.17, 15) is 4.79 Å². The third-order valence-corrected chi connectivity index (χ3v) is 5.14. The molecule has 0 bridgehead atoms. The van der Waals surface area contributed by atoms with Crippen LogP contribution in [0.15, 0.2) is 40.0 Å². The molecule has 134 valence electrons. The van der Waals surface area contributed by atoms with Crippen molar-refractivity contribution in [3.63, 3.8) is 0 Å². The Labute approximate surface area is 155 Å². The van der Waals surface area contributed by atoms with Crippen LogP contribution in [0.2, 0.25) is 0 Å². The number of amides is 1. The minimum atomic E-state index is -0.162. The fourth-order valence-electron chi connectivity index (χ4n) is 2.70. The van der Waals surface area contributed by atoms with Crippen LogP contribution in [0.4, 0.5) is 5.88 Å². The highest BCUT2D eigenvalue weighted by Crippen LogP contribution is 2.38. The molecule has 4 rings (SSSR count). The van der Waals surface area contributed by atoms with Crippen LogP contribution in [0.25, 0.3) is 11.3 Å². The van der Waals surface area contributed by atoms with Crippen molar-refractivity contribution in [3.8, 4) is 11.3 Å². The second kappa shape index (κ2) is 6.95. The Kier molecular flexibility index (Phi) is 4.50. The van der Waals surface area contributed by atoms with Gasteiger partial charge < -0.3 is 9.09 Å². The van der Waals surface area contributed by atoms with Crippen LogP contribution in [-0.4, -0.2) is 31.6 Å². The number of rotatable bonds is 6. The minimum absolute atomic E-state index is 0.162. The first-order valence-corrected chi connectivity index (χ1v) is 9.46. The first-order chi connectivity index (χ1) is 12.6. The number of hydrogen-bond donors (Lipinski definition) is 1. The van der Waals surface area contributed by atoms with Crippen molar-refractivity contribution >= 4 is 23.6 Å². The second-order valence-corrected chi connectivity index (χ2v) is 7.35. The summed E-state index contributed by atoms with van der Waals surface area (Å²) < 4.78 is 7.34. The highest BCUT2D eigenvalue weighted by molar-refractivity contribution is 7.99. The maximum Gasteiger partial charge on any atom is 0.237 e. The van der Waals surface area contributed by atoms with Crippen molar-refractivity contribution in [3.05, 3.63) is 41.7 Å². The molecule has 1 saturated carbocycles. The number of carbonyl (C=O) groups is 1. The fourth-order valence-corrected chi connectivity index (χ4v) is 3.55. The molecule has 1 N–H and O–H groups in total. The van der Waals surface area contributed by atoms with Crippen LogP contribution in [0, 0.1) is 13.8 Å². The highest BCUT2D eigenvalue weighted by Gasteiger charge is 2.28. The lowest BCUT2D eigenvalue weighted by Crippen LogP contribution is -2.14. The number of aryl methyl sites for hydroxylation is 2. The molecule has 1 aliphatic rings. The van der Waals surface area contributed by atoms with Gasteiger partial charge in [0.25, 0.3) is 0 Å². The van der Waals surface area contributed by atoms with E-state index >= 15 is 0 Å². The van der Waals surface area contributed by atoms with Crippen LogP contribution in [0.5, 0.6) is 0 Å². The number of hydrogen-bond acceptors (Lipinski definition) is 6. The lowest BCUT2D eigenvalue weighted by molar-refractivity contribution is -0.113. The third-order valence-electron chi connectivity index (χ3n) is 4.20. The molecule has 2 heterocycles. The average molecular weight is 369 g/mol. The summed E-state index contributed by atoms with van der Waals surface area (Å²) in [5, 5.41) is 15.8. The summed E-state index contributed by atoms with van der Waals surface area (Å²) >= 11 is 1.38. The molecule has 0 aliphatic heterocycles. The summed E-state index contributed by atoms with van der Waals surface area (Å²) in [7, 11) is 0. The summed E-state index contributed by atoms with van der Waals surface area (Å²) in [6.45, 7) is 3.97. The van der Waals surface area contributed by atoms with E-state index in [1.54, 1.807) is 6.07 Å². The van der Waals surface area contributed by atoms with Gasteiger partial charge in [-0.25, -0.2) is 0 Å². The predicted octanol–water partition coefficient (Wildman–Crippen LogP) is 3.62. The molecule has 1 aliphatic carbocycles. The standard InChI is InChI=1S/C18H19N5O2S/c1-11-3-5-13(6-4-11)15-9-17(25-22-15)19-16(24)10-26-18-21-20-12(2)23(18)14-7-8-14/h3-6,9,14H,7-8,10H2,1-2H3,(H,19,24). The molecule has 0 radical (unpaired) electrons. The number of aromatic nitrogens is 4. The van der Waals surface area contributed by atoms with Gasteiger partial charge in [0.2, 0.25) is 11.8 Å². The van der Waals surface area contributed by atoms with E-state index in [1.807, 2.05) is 38.1 Å². The van der Waals surface area contributed by atoms with Crippen LogP contribution in [0.3, 0.4) is 0 Å². The molecule has 0 spiro atoms. The Morgan fingerprint density at radius 1 is 1.27 bits per heavy atom. The molecule has 0 saturated heterocycles. The van der Waals surface area contributed by atoms with Crippen molar-refractivity contribution < 1.29 is 9.32 Å². The lowest BCUT2D eigenvalue weighted by atomic mass is 10.1. The number of carbonyl (C=O) groups excluding carboxylic acids is 1. The Hall–Kier alpha value is -2.61. The van der Waals surface area contributed by atoms with Gasteiger partial charge in [0.05, 0.1) is 5.75 Å². The smallest absolute Gasteiger partial charge is 0.237 e. The molecular formula is C18H19N5O2S. The van der Waals surface area contributed by atoms with Crippen molar-refractivity contribution in [2.75, 3.05) is 11.1 Å². The SMILES string of the molecule is Cc1ccc(-c2cc(NC(=O)CSc3nnc(C)n3C3CC3)on2)cc1. The highest BCUT2D eigenvalue weighted by atomic mass is 32.2. The van der Waals surface area contributed by atoms with Gasteiger partial charge in [0.1, 0.15) is 11.5 Å². The zero-order valence-electron chi connectivity index (χ0n) is 14.6. The summed E-state index contributed by atoms with van der Waals surface area (Å²) in [5.41, 5.74) is 2.82. The van der Waals surface area contributed by atoms with Gasteiger partial charge in [-0.15, -0.1) is 10.2 Å². The van der Waals surface area contributed by atoms with Crippen LogP contribution in [0.1, 0.15) is 30.3 Å². The van der Waals surface area contributed by atoms with E-state index < -0.39 is 0 Å². The monoisotopic (exact) mass is 369 g/mol. The van der Waals surface area contributed by atoms with Gasteiger partial charge in [-0.3, -0.25) is 10.1 Å². The zero-order valence-corrected chi connectivity index (χ0v) is 15.4. The Balaban J connectivity index is 1.36. The first-order valence-electron chi connectivity index (χ1n) is 8.48. The number of thioether (sulfide) groups is 1. The van der Waals surface area contributed by atoms with Crippen molar-refractivity contribution in [2.45, 2.75) is 37.9 Å². The van der Waals surface area contributed by atoms with Gasteiger partial charge in [-0.1, -0.05) is 46.7 Å². The van der Waals surface area contributed by atoms with Gasteiger partial charge in [-0.2, -0.15) is 0 Å². The molecule has 1 fully saturated rings. The summed E-state index contributed by atoms with van der Waals surface area (Å²) in [6.07, 6.45) is 2.30. The normalized spacial score (nSPS) is 13.8. The zero-order chi connectivity index (χ0) is 18.1. The molecule has 2 aromatic heterocycles. The summed E-state index contributed by atoms with van der Waals surface area (Å²) in [6, 6.07) is 10.2. The van der Waals surface area contributed by atoms with E-state index in [2.05, 4.69) is 25.2 Å². The molecule has 3 aromatic rings. The quantitative estimate of drug-likeness (QED) is 0.668. The molecular weight excluding hydrogens is 350 g/mol. The van der Waals surface area contributed by atoms with E-state index in [0.717, 1.165) is 29.4 Å². The Bertz CT molecular complexity index is 927. The number of benzene rings is 1. The van der Waals surface area contributed by atoms with Gasteiger partial charge in [0.15, 0.2) is 5.16 Å². The maximum absolute atomic E-state index is 12.2. The molecule has 0 atom stereocenters. The Morgan fingerprint density at radius 2 is 2.04 bits per heavy atom. The molecule has 0 unspecified atom stereocenters. The van der Waals surface area contributed by atoms with Gasteiger partial charge >= 0.3 is 0 Å². The largest absolute Gasteiger partial charge is 0.338 e. The number of anilines is 1. The minimum Gasteiger partial charge on any atom is -0.338 e. The fraction of sp³-hybridized carbons (Fsp3) is 0.333. The predicted molar refractivity (Wildman–Crippen MR) is 99.1 cm³/mol. The topological polar surface area (TPSA) is 85.8 Å². The molecule has 7 nitrogen and oxygen atoms in total. The first kappa shape index (κ1) is 16.8. The average Bonchev–Trinajstić information content (AvgIpc) is 3.24. The number of nitrogens with one attached hydrogen (secondary N) is 1. The lowest BCUT2D eigenvalue weighted by Gasteiger charge is -2.05. The van der Waals surface area contributed by atoms with E-state index in [1.165, 1.54) is 17.3 Å². The van der Waals surface area contributed by atoms with Crippen molar-refractivity contribution in [2.24, 2.45) is 0 Å². The molecule has 1 amide bonds. The third kappa shape index (κ3) is 3.65. The van der Waals surface area contributed by atoms with Gasteiger partial charge in [-0.05, 0) is 26.7 Å². The van der Waals surface area contributed by atoms with E-state index in [0.29, 0.717) is 17.6 Å². The van der Waals surface area contributed by atoms with Crippen LogP contribution in [-0.2, 0) is 4.79 Å². The van der Waals surface area contributed by atoms with Crippen LogP contribution >= 0.6 is 11.8 Å². The van der Waals surface area contributed by atoms with Crippen molar-refractivity contribution in [1.29, 1.82) is 0 Å². The van der Waals surface area contributed by atoms with E-state index in [-0.39, 0.29) is 11.7 Å². The summed E-state index contributed by atoms with van der Waals surface area (Å²) in [5.74, 6) is 1.31.